The van der Waals surface area contributed by atoms with E-state index in [0.29, 0.717) is 11.8 Å². The van der Waals surface area contributed by atoms with Crippen molar-refractivity contribution in [1.29, 1.82) is 0 Å². The van der Waals surface area contributed by atoms with E-state index >= 15 is 0 Å². The molecule has 8 atom stereocenters. The number of thioether (sulfide) groups is 1. The van der Waals surface area contributed by atoms with Crippen molar-refractivity contribution in [3.63, 3.8) is 0 Å². The van der Waals surface area contributed by atoms with Crippen LogP contribution in [0, 0.1) is 0 Å². The molecule has 0 unspecified atom stereocenters. The Hall–Kier alpha value is -3.39. The van der Waals surface area contributed by atoms with Crippen LogP contribution in [0.15, 0.2) is 36.4 Å². The molecule has 17 heteroatoms. The Labute approximate surface area is 274 Å². The van der Waals surface area contributed by atoms with Crippen LogP contribution in [-0.4, -0.2) is 131 Å². The number of methoxy groups -OCH3 is 4. The Bertz CT molecular complexity index is 1270. The van der Waals surface area contributed by atoms with Crippen molar-refractivity contribution in [3.8, 4) is 23.0 Å². The number of aliphatic hydroxyl groups excluding tert-OH is 6. The van der Waals surface area contributed by atoms with Crippen molar-refractivity contribution < 1.29 is 68.6 Å². The first-order chi connectivity index (χ1) is 22.4. The Morgan fingerprint density at radius 2 is 1.00 bits per heavy atom. The SMILES string of the molecule is COc1cc(OC)cc(C(=O)N[C@@]2(S[C@]3(NC(=O)c4cc(OC)cc(OC)c4)O[C@H](CO)[C@H](O)C[C@H]3O)O[C@H](CO)[C@H](O)C[C@H]2O)c1. The molecule has 2 fully saturated rings. The van der Waals surface area contributed by atoms with Crippen LogP contribution in [0.25, 0.3) is 0 Å². The monoisotopic (exact) mass is 684 g/mol. The van der Waals surface area contributed by atoms with E-state index in [9.17, 15) is 40.2 Å². The molecule has 2 aliphatic rings. The van der Waals surface area contributed by atoms with Gasteiger partial charge < -0.3 is 69.7 Å². The van der Waals surface area contributed by atoms with Gasteiger partial charge in [0.25, 0.3) is 11.8 Å². The van der Waals surface area contributed by atoms with Gasteiger partial charge in [-0.1, -0.05) is 0 Å². The summed E-state index contributed by atoms with van der Waals surface area (Å²) in [6, 6.07) is 8.55. The maximum Gasteiger partial charge on any atom is 0.254 e. The van der Waals surface area contributed by atoms with Gasteiger partial charge in [-0.15, -0.1) is 0 Å². The van der Waals surface area contributed by atoms with Gasteiger partial charge in [-0.25, -0.2) is 0 Å². The first-order valence-corrected chi connectivity index (χ1v) is 15.3. The van der Waals surface area contributed by atoms with Gasteiger partial charge in [0.05, 0.1) is 53.9 Å². The van der Waals surface area contributed by atoms with E-state index in [1.165, 1.54) is 64.8 Å². The molecule has 0 aliphatic carbocycles. The maximum atomic E-state index is 13.8. The average molecular weight is 685 g/mol. The number of amides is 2. The van der Waals surface area contributed by atoms with Crippen LogP contribution in [0.1, 0.15) is 33.6 Å². The summed E-state index contributed by atoms with van der Waals surface area (Å²) < 4.78 is 33.0. The lowest BCUT2D eigenvalue weighted by atomic mass is 10.0. The van der Waals surface area contributed by atoms with Gasteiger partial charge >= 0.3 is 0 Å². The summed E-state index contributed by atoms with van der Waals surface area (Å²) >= 11 is 0.403. The van der Waals surface area contributed by atoms with Gasteiger partial charge in [0.1, 0.15) is 47.4 Å². The van der Waals surface area contributed by atoms with Gasteiger partial charge in [0.2, 0.25) is 10.1 Å². The molecule has 2 heterocycles. The zero-order chi connectivity index (χ0) is 34.5. The molecule has 2 amide bonds. The summed E-state index contributed by atoms with van der Waals surface area (Å²) in [6.07, 6.45) is -9.83. The molecule has 0 bridgehead atoms. The zero-order valence-electron chi connectivity index (χ0n) is 26.1. The van der Waals surface area contributed by atoms with Crippen LogP contribution in [0.5, 0.6) is 23.0 Å². The van der Waals surface area contributed by atoms with Crippen molar-refractivity contribution >= 4 is 23.6 Å². The van der Waals surface area contributed by atoms with E-state index in [1.54, 1.807) is 0 Å². The van der Waals surface area contributed by atoms with Crippen molar-refractivity contribution in [3.05, 3.63) is 47.5 Å². The minimum Gasteiger partial charge on any atom is -0.497 e. The molecule has 2 aliphatic heterocycles. The summed E-state index contributed by atoms with van der Waals surface area (Å²) in [4.78, 5) is 27.6. The van der Waals surface area contributed by atoms with Crippen LogP contribution in [0.4, 0.5) is 0 Å². The molecule has 16 nitrogen and oxygen atoms in total. The molecule has 2 aromatic carbocycles. The summed E-state index contributed by atoms with van der Waals surface area (Å²) in [5.41, 5.74) is -0.0297. The fourth-order valence-electron chi connectivity index (χ4n) is 5.18. The van der Waals surface area contributed by atoms with Gasteiger partial charge in [0, 0.05) is 36.1 Å². The summed E-state index contributed by atoms with van der Waals surface area (Å²) in [6.45, 7) is -1.49. The number of hydrogen-bond donors (Lipinski definition) is 8. The number of carbonyl (C=O) groups excluding carboxylic acids is 2. The first-order valence-electron chi connectivity index (χ1n) is 14.5. The topological polar surface area (TPSA) is 235 Å². The van der Waals surface area contributed by atoms with Crippen molar-refractivity contribution in [2.24, 2.45) is 0 Å². The average Bonchev–Trinajstić information content (AvgIpc) is 3.07. The summed E-state index contributed by atoms with van der Waals surface area (Å²) in [5, 5.41) is 64.6. The number of aliphatic hydroxyl groups is 6. The van der Waals surface area contributed by atoms with Crippen LogP contribution < -0.4 is 29.6 Å². The highest BCUT2D eigenvalue weighted by Crippen LogP contribution is 2.48. The van der Waals surface area contributed by atoms with Gasteiger partial charge in [-0.2, -0.15) is 0 Å². The molecule has 2 aromatic rings. The van der Waals surface area contributed by atoms with Crippen molar-refractivity contribution in [1.82, 2.24) is 10.6 Å². The molecule has 47 heavy (non-hydrogen) atoms. The van der Waals surface area contributed by atoms with E-state index < -0.39 is 84.6 Å². The second-order valence-corrected chi connectivity index (χ2v) is 12.3. The Morgan fingerprint density at radius 3 is 1.28 bits per heavy atom. The number of hydrogen-bond acceptors (Lipinski definition) is 15. The van der Waals surface area contributed by atoms with Crippen molar-refractivity contribution in [2.75, 3.05) is 41.7 Å². The summed E-state index contributed by atoms with van der Waals surface area (Å²) in [5.74, 6) is -0.683. The highest BCUT2D eigenvalue weighted by atomic mass is 32.2. The number of ether oxygens (including phenoxy) is 6. The normalized spacial score (nSPS) is 30.6. The highest BCUT2D eigenvalue weighted by molar-refractivity contribution is 8.01. The number of carbonyl (C=O) groups is 2. The van der Waals surface area contributed by atoms with Gasteiger partial charge in [-0.05, 0) is 36.0 Å². The third-order valence-corrected chi connectivity index (χ3v) is 9.33. The number of benzene rings is 2. The molecule has 4 rings (SSSR count). The summed E-state index contributed by atoms with van der Waals surface area (Å²) in [7, 11) is 5.53. The third-order valence-electron chi connectivity index (χ3n) is 7.78. The quantitative estimate of drug-likeness (QED) is 0.124. The predicted molar refractivity (Wildman–Crippen MR) is 164 cm³/mol. The first kappa shape index (κ1) is 36.4. The van der Waals surface area contributed by atoms with Gasteiger partial charge in [-0.3, -0.25) is 9.59 Å². The zero-order valence-corrected chi connectivity index (χ0v) is 26.9. The largest absolute Gasteiger partial charge is 0.497 e. The molecular formula is C30H40N2O14S. The molecule has 8 N–H and O–H groups in total. The lowest BCUT2D eigenvalue weighted by Gasteiger charge is -2.52. The van der Waals surface area contributed by atoms with E-state index in [2.05, 4.69) is 10.6 Å². The molecule has 0 radical (unpaired) electrons. The fraction of sp³-hybridized carbons (Fsp3) is 0.533. The van der Waals surface area contributed by atoms with Crippen LogP contribution in [-0.2, 0) is 9.47 Å². The lowest BCUT2D eigenvalue weighted by Crippen LogP contribution is -2.71. The Morgan fingerprint density at radius 1 is 0.681 bits per heavy atom. The minimum absolute atomic E-state index is 0.0148. The van der Waals surface area contributed by atoms with E-state index in [0.717, 1.165) is 0 Å². The van der Waals surface area contributed by atoms with Crippen LogP contribution in [0.3, 0.4) is 0 Å². The lowest BCUT2D eigenvalue weighted by molar-refractivity contribution is -0.217. The Kier molecular flexibility index (Phi) is 11.8. The number of nitrogens with one attached hydrogen (secondary N) is 2. The van der Waals surface area contributed by atoms with Crippen LogP contribution in [0.2, 0.25) is 0 Å². The highest BCUT2D eigenvalue weighted by Gasteiger charge is 2.60. The standard InChI is InChI=1S/C30H40N2O14S/c1-41-17-5-15(6-18(9-17)42-2)27(39)31-29(25(37)11-21(35)23(13-33)45-29)47-30(26(38)12-22(36)24(14-34)46-30)32-28(40)16-7-19(43-3)10-20(8-16)44-4/h5-10,21-26,33-38H,11-14H2,1-4H3,(H,31,39)(H,32,40)/t21-,22-,23-,24-,25-,26-,29-,30-/m1/s1. The molecule has 0 aromatic heterocycles. The minimum atomic E-state index is -2.34. The van der Waals surface area contributed by atoms with Crippen molar-refractivity contribution in [2.45, 2.75) is 59.6 Å². The molecule has 260 valence electrons. The fourth-order valence-corrected chi connectivity index (χ4v) is 6.72. The maximum absolute atomic E-state index is 13.8. The predicted octanol–water partition coefficient (Wildman–Crippen LogP) is -1.07. The van der Waals surface area contributed by atoms with Crippen LogP contribution >= 0.6 is 11.8 Å². The van der Waals surface area contributed by atoms with Gasteiger partial charge in [0.15, 0.2) is 0 Å². The molecule has 0 spiro atoms. The molecule has 2 saturated heterocycles. The molecular weight excluding hydrogens is 644 g/mol. The second-order valence-electron chi connectivity index (χ2n) is 10.9. The third kappa shape index (κ3) is 7.85. The Balaban J connectivity index is 1.82. The second kappa shape index (κ2) is 15.2. The van der Waals surface area contributed by atoms with E-state index in [1.807, 2.05) is 0 Å². The number of rotatable bonds is 12. The smallest absolute Gasteiger partial charge is 0.254 e. The van der Waals surface area contributed by atoms with E-state index in [4.69, 9.17) is 28.4 Å². The molecule has 0 saturated carbocycles. The van der Waals surface area contributed by atoms with E-state index in [-0.39, 0.29) is 34.1 Å².